The molecule has 7 heteroatoms. The molecule has 1 aromatic carbocycles. The van der Waals surface area contributed by atoms with Gasteiger partial charge in [0.05, 0.1) is 12.6 Å². The van der Waals surface area contributed by atoms with Gasteiger partial charge in [0.25, 0.3) is 5.91 Å². The van der Waals surface area contributed by atoms with Gasteiger partial charge in [-0.05, 0) is 53.8 Å². The normalized spacial score (nSPS) is 14.7. The third-order valence-corrected chi connectivity index (χ3v) is 6.97. The fourth-order valence-corrected chi connectivity index (χ4v) is 5.18. The minimum absolute atomic E-state index is 0.0340. The van der Waals surface area contributed by atoms with Gasteiger partial charge in [-0.25, -0.2) is 9.97 Å². The highest BCUT2D eigenvalue weighted by molar-refractivity contribution is 7.07. The summed E-state index contributed by atoms with van der Waals surface area (Å²) in [6.45, 7) is 2.35. The van der Waals surface area contributed by atoms with Crippen LogP contribution in [0.5, 0.6) is 5.75 Å². The molecule has 1 aliphatic heterocycles. The molecule has 0 atom stereocenters. The zero-order chi connectivity index (χ0) is 21.9. The van der Waals surface area contributed by atoms with Crippen molar-refractivity contribution < 1.29 is 9.53 Å². The molecule has 6 nitrogen and oxygen atoms in total. The van der Waals surface area contributed by atoms with Crippen LogP contribution in [0.2, 0.25) is 0 Å². The Hall–Kier alpha value is -3.19. The summed E-state index contributed by atoms with van der Waals surface area (Å²) in [5.41, 5.74) is 2.59. The van der Waals surface area contributed by atoms with Gasteiger partial charge in [-0.15, -0.1) is 0 Å². The zero-order valence-electron chi connectivity index (χ0n) is 18.1. The summed E-state index contributed by atoms with van der Waals surface area (Å²) >= 11 is 1.74. The summed E-state index contributed by atoms with van der Waals surface area (Å²) < 4.78 is 7.79. The lowest BCUT2D eigenvalue weighted by molar-refractivity contribution is 0.0704. The summed E-state index contributed by atoms with van der Waals surface area (Å²) in [7, 11) is 1.63. The van der Waals surface area contributed by atoms with Gasteiger partial charge < -0.3 is 14.2 Å². The number of methoxy groups -OCH3 is 1. The summed E-state index contributed by atoms with van der Waals surface area (Å²) in [4.78, 5) is 24.4. The van der Waals surface area contributed by atoms with Crippen molar-refractivity contribution in [2.24, 2.45) is 0 Å². The van der Waals surface area contributed by atoms with Gasteiger partial charge in [0, 0.05) is 49.4 Å². The lowest BCUT2D eigenvalue weighted by Crippen LogP contribution is -2.38. The molecule has 164 valence electrons. The number of fused-ring (bicyclic) bond motifs is 1. The average molecular weight is 447 g/mol. The second-order valence-corrected chi connectivity index (χ2v) is 8.93. The Bertz CT molecular complexity index is 1210. The zero-order valence-corrected chi connectivity index (χ0v) is 18.9. The standard InChI is InChI=1S/C25H26N4O2S/c1-31-23-16-22(27-21-5-3-2-4-20(21)23)25(30)29-12-7-19(8-13-29)24-26-10-14-28(24)11-6-18-9-15-32-17-18/h2-5,9-10,14-17,19H,6-8,11-13H2,1H3. The molecule has 1 fully saturated rings. The molecule has 32 heavy (non-hydrogen) atoms. The van der Waals surface area contributed by atoms with E-state index < -0.39 is 0 Å². The molecular formula is C25H26N4O2S. The first-order valence-corrected chi connectivity index (χ1v) is 11.9. The molecule has 1 amide bonds. The number of aromatic nitrogens is 3. The van der Waals surface area contributed by atoms with E-state index in [9.17, 15) is 4.79 Å². The number of ether oxygens (including phenoxy) is 1. The van der Waals surface area contributed by atoms with Crippen molar-refractivity contribution in [1.29, 1.82) is 0 Å². The minimum Gasteiger partial charge on any atom is -0.496 e. The van der Waals surface area contributed by atoms with Crippen LogP contribution in [-0.4, -0.2) is 45.5 Å². The Labute approximate surface area is 191 Å². The van der Waals surface area contributed by atoms with Gasteiger partial charge in [0.15, 0.2) is 0 Å². The highest BCUT2D eigenvalue weighted by Gasteiger charge is 2.28. The molecule has 0 aliphatic carbocycles. The number of hydrogen-bond acceptors (Lipinski definition) is 5. The minimum atomic E-state index is -0.0340. The lowest BCUT2D eigenvalue weighted by atomic mass is 9.95. The highest BCUT2D eigenvalue weighted by Crippen LogP contribution is 2.29. The van der Waals surface area contributed by atoms with E-state index in [0.717, 1.165) is 42.5 Å². The molecule has 3 aromatic heterocycles. The van der Waals surface area contributed by atoms with Crippen molar-refractivity contribution in [2.45, 2.75) is 31.7 Å². The number of para-hydroxylation sites is 1. The predicted molar refractivity (Wildman–Crippen MR) is 126 cm³/mol. The average Bonchev–Trinajstić information content (AvgIpc) is 3.53. The summed E-state index contributed by atoms with van der Waals surface area (Å²) in [5.74, 6) is 2.16. The van der Waals surface area contributed by atoms with Gasteiger partial charge in [-0.3, -0.25) is 4.79 Å². The van der Waals surface area contributed by atoms with Crippen LogP contribution < -0.4 is 4.74 Å². The quantitative estimate of drug-likeness (QED) is 0.428. The van der Waals surface area contributed by atoms with Crippen molar-refractivity contribution in [1.82, 2.24) is 19.4 Å². The van der Waals surface area contributed by atoms with E-state index >= 15 is 0 Å². The van der Waals surface area contributed by atoms with E-state index in [-0.39, 0.29) is 5.91 Å². The molecule has 5 rings (SSSR count). The molecule has 4 aromatic rings. The summed E-state index contributed by atoms with van der Waals surface area (Å²) in [6, 6.07) is 11.7. The van der Waals surface area contributed by atoms with E-state index in [4.69, 9.17) is 4.74 Å². The van der Waals surface area contributed by atoms with E-state index in [1.807, 2.05) is 35.4 Å². The molecule has 0 spiro atoms. The Kier molecular flexibility index (Phi) is 5.90. The van der Waals surface area contributed by atoms with Crippen molar-refractivity contribution >= 4 is 28.1 Å². The number of hydrogen-bond donors (Lipinski definition) is 0. The monoisotopic (exact) mass is 446 g/mol. The number of thiophene rings is 1. The molecular weight excluding hydrogens is 420 g/mol. The second kappa shape index (κ2) is 9.12. The molecule has 1 aliphatic rings. The molecule has 0 N–H and O–H groups in total. The Balaban J connectivity index is 1.26. The fraction of sp³-hybridized carbons (Fsp3) is 0.320. The van der Waals surface area contributed by atoms with Gasteiger partial charge in [0.2, 0.25) is 0 Å². The van der Waals surface area contributed by atoms with Crippen LogP contribution in [-0.2, 0) is 13.0 Å². The number of likely N-dealkylation sites (tertiary alicyclic amines) is 1. The van der Waals surface area contributed by atoms with E-state index in [0.29, 0.717) is 30.5 Å². The summed E-state index contributed by atoms with van der Waals surface area (Å²) in [6.07, 6.45) is 6.80. The predicted octanol–water partition coefficient (Wildman–Crippen LogP) is 4.76. The molecule has 4 heterocycles. The third-order valence-electron chi connectivity index (χ3n) is 6.23. The maximum absolute atomic E-state index is 13.2. The number of imidazole rings is 1. The van der Waals surface area contributed by atoms with E-state index in [2.05, 4.69) is 37.6 Å². The number of amides is 1. The van der Waals surface area contributed by atoms with Gasteiger partial charge in [0.1, 0.15) is 17.3 Å². The van der Waals surface area contributed by atoms with Crippen molar-refractivity contribution in [2.75, 3.05) is 20.2 Å². The summed E-state index contributed by atoms with van der Waals surface area (Å²) in [5, 5.41) is 5.24. The van der Waals surface area contributed by atoms with Gasteiger partial charge in [-0.1, -0.05) is 12.1 Å². The SMILES string of the molecule is COc1cc(C(=O)N2CCC(c3nccn3CCc3ccsc3)CC2)nc2ccccc12. The first-order valence-electron chi connectivity index (χ1n) is 11.0. The Morgan fingerprint density at radius 2 is 2.06 bits per heavy atom. The van der Waals surface area contributed by atoms with Gasteiger partial charge in [-0.2, -0.15) is 11.3 Å². The van der Waals surface area contributed by atoms with Crippen LogP contribution >= 0.6 is 11.3 Å². The topological polar surface area (TPSA) is 60.2 Å². The number of piperidine rings is 1. The lowest BCUT2D eigenvalue weighted by Gasteiger charge is -2.32. The maximum atomic E-state index is 13.2. The molecule has 0 bridgehead atoms. The number of nitrogens with zero attached hydrogens (tertiary/aromatic N) is 4. The molecule has 0 radical (unpaired) electrons. The number of carbonyl (C=O) groups is 1. The Morgan fingerprint density at radius 3 is 2.84 bits per heavy atom. The van der Waals surface area contributed by atoms with E-state index in [1.165, 1.54) is 5.56 Å². The Morgan fingerprint density at radius 1 is 1.22 bits per heavy atom. The number of benzene rings is 1. The smallest absolute Gasteiger partial charge is 0.272 e. The number of aryl methyl sites for hydroxylation is 2. The van der Waals surface area contributed by atoms with Crippen molar-refractivity contribution in [3.05, 3.63) is 76.6 Å². The first kappa shape index (κ1) is 20.7. The van der Waals surface area contributed by atoms with Crippen LogP contribution in [0.3, 0.4) is 0 Å². The van der Waals surface area contributed by atoms with E-state index in [1.54, 1.807) is 24.5 Å². The third kappa shape index (κ3) is 4.12. The van der Waals surface area contributed by atoms with Crippen LogP contribution in [0.1, 0.15) is 40.6 Å². The largest absolute Gasteiger partial charge is 0.496 e. The van der Waals surface area contributed by atoms with Crippen molar-refractivity contribution in [3.63, 3.8) is 0 Å². The van der Waals surface area contributed by atoms with Crippen molar-refractivity contribution in [3.8, 4) is 5.75 Å². The van der Waals surface area contributed by atoms with Crippen LogP contribution in [0, 0.1) is 0 Å². The molecule has 1 saturated heterocycles. The number of carbonyl (C=O) groups excluding carboxylic acids is 1. The highest BCUT2D eigenvalue weighted by atomic mass is 32.1. The van der Waals surface area contributed by atoms with Crippen LogP contribution in [0.4, 0.5) is 0 Å². The molecule has 0 unspecified atom stereocenters. The second-order valence-electron chi connectivity index (χ2n) is 8.15. The maximum Gasteiger partial charge on any atom is 0.272 e. The van der Waals surface area contributed by atoms with Crippen LogP contribution in [0.15, 0.2) is 59.6 Å². The first-order chi connectivity index (χ1) is 15.7. The number of pyridine rings is 1. The van der Waals surface area contributed by atoms with Gasteiger partial charge >= 0.3 is 0 Å². The number of rotatable bonds is 6. The molecule has 0 saturated carbocycles. The fourth-order valence-electron chi connectivity index (χ4n) is 4.48. The van der Waals surface area contributed by atoms with Crippen LogP contribution in [0.25, 0.3) is 10.9 Å².